The van der Waals surface area contributed by atoms with Crippen LogP contribution in [0.4, 0.5) is 10.2 Å². The minimum absolute atomic E-state index is 0.181. The molecule has 5 nitrogen and oxygen atoms in total. The van der Waals surface area contributed by atoms with Crippen LogP contribution in [0.3, 0.4) is 0 Å². The maximum atomic E-state index is 15.2. The van der Waals surface area contributed by atoms with Crippen molar-refractivity contribution in [2.75, 3.05) is 5.73 Å². The summed E-state index contributed by atoms with van der Waals surface area (Å²) >= 11 is 0. The molecular formula is C19H18FN3O2. The molecule has 1 aliphatic carbocycles. The fourth-order valence-electron chi connectivity index (χ4n) is 2.97. The van der Waals surface area contributed by atoms with Gasteiger partial charge in [-0.05, 0) is 37.0 Å². The predicted octanol–water partition coefficient (Wildman–Crippen LogP) is 4.30. The summed E-state index contributed by atoms with van der Waals surface area (Å²) in [7, 11) is 0. The summed E-state index contributed by atoms with van der Waals surface area (Å²) in [5, 5.41) is 0. The standard InChI is InChI=1S/C19H18FN3O2/c20-18-15(16-9-23-17(21)10-22-16)7-6-14(12-3-1-4-12)19(18)25-11-13-5-2-8-24-13/h2,5-10,12H,1,3-4,11H2,(H2,21,23). The van der Waals surface area contributed by atoms with Gasteiger partial charge in [-0.3, -0.25) is 4.98 Å². The van der Waals surface area contributed by atoms with Crippen LogP contribution in [-0.2, 0) is 6.61 Å². The van der Waals surface area contributed by atoms with Crippen molar-refractivity contribution in [3.63, 3.8) is 0 Å². The van der Waals surface area contributed by atoms with Crippen LogP contribution >= 0.6 is 0 Å². The summed E-state index contributed by atoms with van der Waals surface area (Å²) in [5.74, 6) is 1.14. The van der Waals surface area contributed by atoms with E-state index >= 15 is 4.39 Å². The van der Waals surface area contributed by atoms with Crippen LogP contribution < -0.4 is 10.5 Å². The van der Waals surface area contributed by atoms with E-state index in [1.165, 1.54) is 12.4 Å². The molecule has 1 fully saturated rings. The van der Waals surface area contributed by atoms with Gasteiger partial charge in [0, 0.05) is 11.1 Å². The molecule has 2 N–H and O–H groups in total. The Balaban J connectivity index is 1.71. The molecule has 1 saturated carbocycles. The molecule has 128 valence electrons. The lowest BCUT2D eigenvalue weighted by Crippen LogP contribution is -2.12. The summed E-state index contributed by atoms with van der Waals surface area (Å²) in [6.07, 6.45) is 7.72. The monoisotopic (exact) mass is 339 g/mol. The Bertz CT molecular complexity index is 859. The van der Waals surface area contributed by atoms with E-state index in [4.69, 9.17) is 14.9 Å². The first-order chi connectivity index (χ1) is 12.2. The highest BCUT2D eigenvalue weighted by Crippen LogP contribution is 2.43. The average Bonchev–Trinajstić information content (AvgIpc) is 3.07. The molecule has 2 heterocycles. The highest BCUT2D eigenvalue weighted by Gasteiger charge is 2.27. The van der Waals surface area contributed by atoms with Crippen LogP contribution in [-0.4, -0.2) is 9.97 Å². The summed E-state index contributed by atoms with van der Waals surface area (Å²) in [4.78, 5) is 8.16. The molecule has 25 heavy (non-hydrogen) atoms. The lowest BCUT2D eigenvalue weighted by molar-refractivity contribution is 0.250. The zero-order valence-electron chi connectivity index (χ0n) is 13.6. The van der Waals surface area contributed by atoms with Gasteiger partial charge in [0.05, 0.1) is 24.4 Å². The maximum absolute atomic E-state index is 15.2. The van der Waals surface area contributed by atoms with Crippen molar-refractivity contribution in [2.24, 2.45) is 0 Å². The summed E-state index contributed by atoms with van der Waals surface area (Å²) in [5.41, 5.74) is 7.24. The van der Waals surface area contributed by atoms with Crippen LogP contribution in [0.25, 0.3) is 11.3 Å². The van der Waals surface area contributed by atoms with E-state index in [-0.39, 0.29) is 12.4 Å². The van der Waals surface area contributed by atoms with Crippen molar-refractivity contribution in [1.82, 2.24) is 9.97 Å². The molecule has 4 rings (SSSR count). The second-order valence-electron chi connectivity index (χ2n) is 6.17. The van der Waals surface area contributed by atoms with Crippen LogP contribution in [0, 0.1) is 5.82 Å². The summed E-state index contributed by atoms with van der Waals surface area (Å²) in [6.45, 7) is 0.181. The Morgan fingerprint density at radius 3 is 2.72 bits per heavy atom. The third kappa shape index (κ3) is 3.07. The zero-order valence-corrected chi connectivity index (χ0v) is 13.6. The summed E-state index contributed by atoms with van der Waals surface area (Å²) in [6, 6.07) is 7.25. The molecule has 1 aromatic carbocycles. The molecular weight excluding hydrogens is 321 g/mol. The lowest BCUT2D eigenvalue weighted by atomic mass is 9.79. The van der Waals surface area contributed by atoms with Gasteiger partial charge in [0.15, 0.2) is 11.6 Å². The largest absolute Gasteiger partial charge is 0.482 e. The number of halogens is 1. The van der Waals surface area contributed by atoms with Gasteiger partial charge in [-0.2, -0.15) is 0 Å². The number of anilines is 1. The van der Waals surface area contributed by atoms with Crippen molar-refractivity contribution in [3.05, 3.63) is 60.1 Å². The van der Waals surface area contributed by atoms with E-state index in [0.717, 1.165) is 24.8 Å². The van der Waals surface area contributed by atoms with Gasteiger partial charge in [0.25, 0.3) is 0 Å². The first-order valence-electron chi connectivity index (χ1n) is 8.28. The van der Waals surface area contributed by atoms with Gasteiger partial charge in [0.2, 0.25) is 0 Å². The molecule has 0 spiro atoms. The Labute approximate surface area is 144 Å². The maximum Gasteiger partial charge on any atom is 0.174 e. The van der Waals surface area contributed by atoms with Crippen LogP contribution in [0.2, 0.25) is 0 Å². The van der Waals surface area contributed by atoms with Crippen LogP contribution in [0.1, 0.15) is 36.5 Å². The molecule has 0 aliphatic heterocycles. The first kappa shape index (κ1) is 15.6. The Morgan fingerprint density at radius 1 is 1.20 bits per heavy atom. The van der Waals surface area contributed by atoms with Crippen molar-refractivity contribution < 1.29 is 13.5 Å². The molecule has 0 unspecified atom stereocenters. The molecule has 0 saturated heterocycles. The highest BCUT2D eigenvalue weighted by molar-refractivity contribution is 5.64. The normalized spacial score (nSPS) is 14.3. The fourth-order valence-corrected chi connectivity index (χ4v) is 2.97. The smallest absolute Gasteiger partial charge is 0.174 e. The number of rotatable bonds is 5. The van der Waals surface area contributed by atoms with Crippen molar-refractivity contribution in [1.29, 1.82) is 0 Å². The van der Waals surface area contributed by atoms with Crippen LogP contribution in [0.5, 0.6) is 5.75 Å². The van der Waals surface area contributed by atoms with E-state index in [1.54, 1.807) is 24.5 Å². The summed E-state index contributed by atoms with van der Waals surface area (Å²) < 4.78 is 26.3. The zero-order chi connectivity index (χ0) is 17.2. The van der Waals surface area contributed by atoms with Crippen LogP contribution in [0.15, 0.2) is 47.3 Å². The van der Waals surface area contributed by atoms with E-state index in [2.05, 4.69) is 9.97 Å². The molecule has 1 aliphatic rings. The minimum Gasteiger partial charge on any atom is -0.482 e. The second-order valence-corrected chi connectivity index (χ2v) is 6.17. The van der Waals surface area contributed by atoms with Gasteiger partial charge < -0.3 is 14.9 Å². The number of ether oxygens (including phenoxy) is 1. The van der Waals surface area contributed by atoms with E-state index in [0.29, 0.717) is 28.8 Å². The number of hydrogen-bond donors (Lipinski definition) is 1. The van der Waals surface area contributed by atoms with Gasteiger partial charge in [-0.25, -0.2) is 9.37 Å². The van der Waals surface area contributed by atoms with Gasteiger partial charge in [-0.15, -0.1) is 0 Å². The minimum atomic E-state index is -0.421. The second kappa shape index (κ2) is 6.55. The van der Waals surface area contributed by atoms with E-state index < -0.39 is 5.82 Å². The van der Waals surface area contributed by atoms with E-state index in [1.807, 2.05) is 6.07 Å². The molecule has 0 radical (unpaired) electrons. The first-order valence-corrected chi connectivity index (χ1v) is 8.28. The Morgan fingerprint density at radius 2 is 2.08 bits per heavy atom. The predicted molar refractivity (Wildman–Crippen MR) is 91.5 cm³/mol. The molecule has 3 aromatic rings. The van der Waals surface area contributed by atoms with Crippen molar-refractivity contribution in [2.45, 2.75) is 31.8 Å². The number of nitrogens with zero attached hydrogens (tertiary/aromatic N) is 2. The molecule has 2 aromatic heterocycles. The molecule has 0 atom stereocenters. The number of hydrogen-bond acceptors (Lipinski definition) is 5. The number of nitrogen functional groups attached to an aromatic ring is 1. The van der Waals surface area contributed by atoms with Crippen molar-refractivity contribution in [3.8, 4) is 17.0 Å². The van der Waals surface area contributed by atoms with Crippen molar-refractivity contribution >= 4 is 5.82 Å². The number of nitrogens with two attached hydrogens (primary N) is 1. The van der Waals surface area contributed by atoms with E-state index in [9.17, 15) is 0 Å². The number of aromatic nitrogens is 2. The average molecular weight is 339 g/mol. The fraction of sp³-hybridized carbons (Fsp3) is 0.263. The van der Waals surface area contributed by atoms with Gasteiger partial charge >= 0.3 is 0 Å². The topological polar surface area (TPSA) is 74.2 Å². The Kier molecular flexibility index (Phi) is 4.09. The third-order valence-electron chi connectivity index (χ3n) is 4.56. The number of benzene rings is 1. The molecule has 0 bridgehead atoms. The highest BCUT2D eigenvalue weighted by atomic mass is 19.1. The lowest BCUT2D eigenvalue weighted by Gasteiger charge is -2.28. The molecule has 6 heteroatoms. The quantitative estimate of drug-likeness (QED) is 0.750. The third-order valence-corrected chi connectivity index (χ3v) is 4.56. The number of furan rings is 1. The SMILES string of the molecule is Nc1cnc(-c2ccc(C3CCC3)c(OCc3ccco3)c2F)cn1. The Hall–Kier alpha value is -2.89. The molecule has 0 amide bonds. The van der Waals surface area contributed by atoms with Gasteiger partial charge in [-0.1, -0.05) is 12.5 Å². The van der Waals surface area contributed by atoms with Gasteiger partial charge in [0.1, 0.15) is 18.2 Å².